The molecule has 0 aliphatic carbocycles. The first-order chi connectivity index (χ1) is 12.3. The molecule has 0 atom stereocenters. The molecule has 1 aliphatic rings. The van der Waals surface area contributed by atoms with Crippen molar-refractivity contribution in [3.63, 3.8) is 0 Å². The lowest BCUT2D eigenvalue weighted by Gasteiger charge is -2.45. The fourth-order valence-electron chi connectivity index (χ4n) is 3.15. The highest BCUT2D eigenvalue weighted by Gasteiger charge is 2.32. The number of halogens is 1. The van der Waals surface area contributed by atoms with Crippen LogP contribution in [0.15, 0.2) is 30.6 Å². The van der Waals surface area contributed by atoms with E-state index in [0.717, 1.165) is 36.1 Å². The zero-order chi connectivity index (χ0) is 18.5. The number of pyridine rings is 1. The van der Waals surface area contributed by atoms with Gasteiger partial charge in [-0.05, 0) is 18.2 Å². The van der Waals surface area contributed by atoms with Crippen LogP contribution in [0.5, 0.6) is 0 Å². The number of nitrogens with zero attached hydrogens (tertiary/aromatic N) is 7. The van der Waals surface area contributed by atoms with Gasteiger partial charge in [-0.2, -0.15) is 4.52 Å². The maximum atomic E-state index is 6.26. The summed E-state index contributed by atoms with van der Waals surface area (Å²) in [7, 11) is 2.07. The zero-order valence-corrected chi connectivity index (χ0v) is 16.1. The van der Waals surface area contributed by atoms with Gasteiger partial charge in [0.25, 0.3) is 0 Å². The summed E-state index contributed by atoms with van der Waals surface area (Å²) in [6.07, 6.45) is 3.45. The van der Waals surface area contributed by atoms with Crippen molar-refractivity contribution in [3.05, 3.63) is 41.4 Å². The predicted molar refractivity (Wildman–Crippen MR) is 103 cm³/mol. The van der Waals surface area contributed by atoms with Crippen molar-refractivity contribution in [1.82, 2.24) is 24.8 Å². The van der Waals surface area contributed by atoms with E-state index in [-0.39, 0.29) is 5.41 Å². The smallest absolute Gasteiger partial charge is 0.178 e. The Kier molecular flexibility index (Phi) is 3.99. The zero-order valence-electron chi connectivity index (χ0n) is 15.4. The van der Waals surface area contributed by atoms with E-state index in [1.54, 1.807) is 12.4 Å². The third-order valence-electron chi connectivity index (χ3n) is 4.78. The van der Waals surface area contributed by atoms with E-state index < -0.39 is 0 Å². The molecule has 1 saturated heterocycles. The molecule has 0 spiro atoms. The first-order valence-electron chi connectivity index (χ1n) is 8.65. The minimum atomic E-state index is -0.110. The SMILES string of the molecule is CN(c1ccncc1Cl)C1CN(c2ccc3nnc(C(C)(C)C)n3n2)C1. The molecule has 4 rings (SSSR count). The summed E-state index contributed by atoms with van der Waals surface area (Å²) >= 11 is 6.26. The number of hydrogen-bond acceptors (Lipinski definition) is 6. The second-order valence-electron chi connectivity index (χ2n) is 7.73. The van der Waals surface area contributed by atoms with Gasteiger partial charge in [0.1, 0.15) is 5.82 Å². The van der Waals surface area contributed by atoms with Gasteiger partial charge in [-0.3, -0.25) is 4.98 Å². The number of fused-ring (bicyclic) bond motifs is 1. The van der Waals surface area contributed by atoms with Crippen molar-refractivity contribution in [2.75, 3.05) is 29.9 Å². The molecule has 0 bridgehead atoms. The van der Waals surface area contributed by atoms with Crippen LogP contribution in [0, 0.1) is 0 Å². The number of anilines is 2. The van der Waals surface area contributed by atoms with Crippen LogP contribution in [0.3, 0.4) is 0 Å². The van der Waals surface area contributed by atoms with Gasteiger partial charge >= 0.3 is 0 Å². The Morgan fingerprint density at radius 1 is 1.15 bits per heavy atom. The van der Waals surface area contributed by atoms with E-state index in [1.165, 1.54) is 0 Å². The fourth-order valence-corrected chi connectivity index (χ4v) is 3.41. The molecule has 0 aromatic carbocycles. The van der Waals surface area contributed by atoms with E-state index in [2.05, 4.69) is 52.8 Å². The topological polar surface area (TPSA) is 62.5 Å². The van der Waals surface area contributed by atoms with Crippen LogP contribution in [0.1, 0.15) is 26.6 Å². The van der Waals surface area contributed by atoms with E-state index in [0.29, 0.717) is 11.1 Å². The van der Waals surface area contributed by atoms with Crippen molar-refractivity contribution < 1.29 is 0 Å². The third kappa shape index (κ3) is 2.86. The maximum Gasteiger partial charge on any atom is 0.178 e. The second kappa shape index (κ2) is 6.09. The summed E-state index contributed by atoms with van der Waals surface area (Å²) in [5, 5.41) is 14.0. The largest absolute Gasteiger partial charge is 0.367 e. The Labute approximate surface area is 157 Å². The highest BCUT2D eigenvalue weighted by Crippen LogP contribution is 2.29. The molecule has 26 heavy (non-hydrogen) atoms. The van der Waals surface area contributed by atoms with E-state index >= 15 is 0 Å². The maximum absolute atomic E-state index is 6.26. The average Bonchev–Trinajstić information content (AvgIpc) is 2.97. The number of rotatable bonds is 3. The highest BCUT2D eigenvalue weighted by molar-refractivity contribution is 6.33. The lowest BCUT2D eigenvalue weighted by molar-refractivity contribution is 0.485. The molecule has 0 N–H and O–H groups in total. The molecule has 4 heterocycles. The molecule has 0 saturated carbocycles. The average molecular weight is 372 g/mol. The van der Waals surface area contributed by atoms with Crippen molar-refractivity contribution in [1.29, 1.82) is 0 Å². The Hall–Kier alpha value is -2.41. The summed E-state index contributed by atoms with van der Waals surface area (Å²) in [4.78, 5) is 8.51. The molecule has 1 fully saturated rings. The summed E-state index contributed by atoms with van der Waals surface area (Å²) in [6.45, 7) is 8.13. The molecule has 0 radical (unpaired) electrons. The van der Waals surface area contributed by atoms with Crippen molar-refractivity contribution in [2.45, 2.75) is 32.2 Å². The van der Waals surface area contributed by atoms with Crippen LogP contribution in [0.25, 0.3) is 5.65 Å². The Morgan fingerprint density at radius 3 is 2.62 bits per heavy atom. The quantitative estimate of drug-likeness (QED) is 0.705. The van der Waals surface area contributed by atoms with Crippen LogP contribution >= 0.6 is 11.6 Å². The summed E-state index contributed by atoms with van der Waals surface area (Å²) < 4.78 is 1.85. The first-order valence-corrected chi connectivity index (χ1v) is 9.02. The van der Waals surface area contributed by atoms with Crippen molar-refractivity contribution >= 4 is 28.8 Å². The third-order valence-corrected chi connectivity index (χ3v) is 5.08. The predicted octanol–water partition coefficient (Wildman–Crippen LogP) is 2.80. The summed E-state index contributed by atoms with van der Waals surface area (Å²) in [6, 6.07) is 6.31. The first kappa shape index (κ1) is 17.0. The van der Waals surface area contributed by atoms with Crippen molar-refractivity contribution in [3.8, 4) is 0 Å². The number of likely N-dealkylation sites (N-methyl/N-ethyl adjacent to an activating group) is 1. The lowest BCUT2D eigenvalue weighted by atomic mass is 9.96. The van der Waals surface area contributed by atoms with Crippen LogP contribution in [0.4, 0.5) is 11.5 Å². The lowest BCUT2D eigenvalue weighted by Crippen LogP contribution is -2.59. The van der Waals surface area contributed by atoms with E-state index in [1.807, 2.05) is 22.7 Å². The molecular weight excluding hydrogens is 350 g/mol. The minimum Gasteiger partial charge on any atom is -0.367 e. The Balaban J connectivity index is 1.53. The van der Waals surface area contributed by atoms with E-state index in [4.69, 9.17) is 16.7 Å². The van der Waals surface area contributed by atoms with E-state index in [9.17, 15) is 0 Å². The van der Waals surface area contributed by atoms with Gasteiger partial charge in [-0.15, -0.1) is 15.3 Å². The summed E-state index contributed by atoms with van der Waals surface area (Å²) in [5.74, 6) is 1.81. The monoisotopic (exact) mass is 371 g/mol. The minimum absolute atomic E-state index is 0.110. The van der Waals surface area contributed by atoms with Gasteiger partial charge in [-0.1, -0.05) is 32.4 Å². The number of aromatic nitrogens is 5. The van der Waals surface area contributed by atoms with Gasteiger partial charge in [0.05, 0.1) is 16.8 Å². The fraction of sp³-hybridized carbons (Fsp3) is 0.444. The standard InChI is InChI=1S/C18H22ClN7/c1-18(2,3)17-22-21-15-5-6-16(23-26(15)17)25-10-12(11-25)24(4)14-7-8-20-9-13(14)19/h5-9,12H,10-11H2,1-4H3. The number of hydrogen-bond donors (Lipinski definition) is 0. The van der Waals surface area contributed by atoms with Crippen LogP contribution in [-0.2, 0) is 5.41 Å². The van der Waals surface area contributed by atoms with Gasteiger partial charge in [-0.25, -0.2) is 0 Å². The highest BCUT2D eigenvalue weighted by atomic mass is 35.5. The van der Waals surface area contributed by atoms with Crippen LogP contribution in [-0.4, -0.2) is 51.0 Å². The van der Waals surface area contributed by atoms with Gasteiger partial charge in [0, 0.05) is 37.9 Å². The summed E-state index contributed by atoms with van der Waals surface area (Å²) in [5.41, 5.74) is 1.67. The molecule has 3 aromatic heterocycles. The molecule has 7 nitrogen and oxygen atoms in total. The molecular formula is C18H22ClN7. The Bertz CT molecular complexity index is 940. The van der Waals surface area contributed by atoms with Crippen LogP contribution in [0.2, 0.25) is 5.02 Å². The molecule has 3 aromatic rings. The normalized spacial score (nSPS) is 15.3. The van der Waals surface area contributed by atoms with Crippen molar-refractivity contribution in [2.24, 2.45) is 0 Å². The molecule has 1 aliphatic heterocycles. The second-order valence-corrected chi connectivity index (χ2v) is 8.14. The van der Waals surface area contributed by atoms with Gasteiger partial charge in [0.2, 0.25) is 0 Å². The molecule has 136 valence electrons. The molecule has 0 amide bonds. The van der Waals surface area contributed by atoms with Gasteiger partial charge in [0.15, 0.2) is 11.5 Å². The molecule has 8 heteroatoms. The Morgan fingerprint density at radius 2 is 1.92 bits per heavy atom. The van der Waals surface area contributed by atoms with Gasteiger partial charge < -0.3 is 9.80 Å². The van der Waals surface area contributed by atoms with Crippen LogP contribution < -0.4 is 9.80 Å². The molecule has 0 unspecified atom stereocenters.